The van der Waals surface area contributed by atoms with Crippen LogP contribution in [0.2, 0.25) is 0 Å². The number of thioether (sulfide) groups is 1. The molecule has 1 aromatic heterocycles. The predicted molar refractivity (Wildman–Crippen MR) is 106 cm³/mol. The number of hydrogen-bond acceptors (Lipinski definition) is 6. The zero-order chi connectivity index (χ0) is 19.5. The summed E-state index contributed by atoms with van der Waals surface area (Å²) in [6.45, 7) is 2.56. The van der Waals surface area contributed by atoms with Gasteiger partial charge in [-0.3, -0.25) is 9.36 Å². The van der Waals surface area contributed by atoms with Gasteiger partial charge in [-0.15, -0.1) is 10.2 Å². The SMILES string of the molecule is CSc1nnc(CNC(=O)Cc2ccc3c(c2)OCO3)n1-c1ccccc1C. The molecule has 0 atom stereocenters. The van der Waals surface area contributed by atoms with E-state index in [1.165, 1.54) is 11.8 Å². The molecule has 0 saturated carbocycles. The Hall–Kier alpha value is -3.00. The number of benzene rings is 2. The van der Waals surface area contributed by atoms with Crippen LogP contribution in [0.25, 0.3) is 5.69 Å². The highest BCUT2D eigenvalue weighted by molar-refractivity contribution is 7.98. The van der Waals surface area contributed by atoms with Gasteiger partial charge in [-0.2, -0.15) is 0 Å². The number of hydrogen-bond donors (Lipinski definition) is 1. The van der Waals surface area contributed by atoms with Gasteiger partial charge in [0.25, 0.3) is 0 Å². The molecule has 7 nitrogen and oxygen atoms in total. The third kappa shape index (κ3) is 3.68. The molecule has 4 rings (SSSR count). The van der Waals surface area contributed by atoms with Gasteiger partial charge in [0.05, 0.1) is 18.7 Å². The number of carbonyl (C=O) groups excluding carboxylic acids is 1. The van der Waals surface area contributed by atoms with Crippen LogP contribution in [-0.4, -0.2) is 33.7 Å². The molecule has 1 amide bonds. The molecule has 0 spiro atoms. The summed E-state index contributed by atoms with van der Waals surface area (Å²) in [6.07, 6.45) is 2.21. The van der Waals surface area contributed by atoms with Gasteiger partial charge >= 0.3 is 0 Å². The largest absolute Gasteiger partial charge is 0.454 e. The van der Waals surface area contributed by atoms with Crippen LogP contribution in [0.3, 0.4) is 0 Å². The Morgan fingerprint density at radius 3 is 2.82 bits per heavy atom. The summed E-state index contributed by atoms with van der Waals surface area (Å²) in [5.41, 5.74) is 2.99. The highest BCUT2D eigenvalue weighted by atomic mass is 32.2. The van der Waals surface area contributed by atoms with Crippen molar-refractivity contribution in [3.05, 3.63) is 59.4 Å². The van der Waals surface area contributed by atoms with Crippen LogP contribution >= 0.6 is 11.8 Å². The van der Waals surface area contributed by atoms with Crippen LogP contribution in [0.15, 0.2) is 47.6 Å². The van der Waals surface area contributed by atoms with Crippen LogP contribution in [0.4, 0.5) is 0 Å². The Labute approximate surface area is 167 Å². The molecule has 0 radical (unpaired) electrons. The van der Waals surface area contributed by atoms with Gasteiger partial charge in [0.2, 0.25) is 12.7 Å². The number of amides is 1. The van der Waals surface area contributed by atoms with Crippen molar-refractivity contribution >= 4 is 17.7 Å². The van der Waals surface area contributed by atoms with Crippen molar-refractivity contribution in [3.8, 4) is 17.2 Å². The summed E-state index contributed by atoms with van der Waals surface area (Å²) >= 11 is 1.52. The number of aryl methyl sites for hydroxylation is 1. The quantitative estimate of drug-likeness (QED) is 0.646. The second kappa shape index (κ2) is 7.93. The molecule has 2 heterocycles. The number of rotatable bonds is 6. The summed E-state index contributed by atoms with van der Waals surface area (Å²) in [6, 6.07) is 13.6. The summed E-state index contributed by atoms with van der Waals surface area (Å²) in [5.74, 6) is 1.98. The maximum atomic E-state index is 12.4. The Bertz CT molecular complexity index is 1020. The van der Waals surface area contributed by atoms with Crippen molar-refractivity contribution in [3.63, 3.8) is 0 Å². The van der Waals surface area contributed by atoms with Crippen LogP contribution in [-0.2, 0) is 17.8 Å². The predicted octanol–water partition coefficient (Wildman–Crippen LogP) is 2.89. The van der Waals surface area contributed by atoms with E-state index in [4.69, 9.17) is 9.47 Å². The van der Waals surface area contributed by atoms with E-state index in [0.29, 0.717) is 23.9 Å². The van der Waals surface area contributed by atoms with Crippen molar-refractivity contribution < 1.29 is 14.3 Å². The molecule has 2 aromatic carbocycles. The van der Waals surface area contributed by atoms with E-state index in [9.17, 15) is 4.79 Å². The average molecular weight is 396 g/mol. The lowest BCUT2D eigenvalue weighted by Gasteiger charge is -2.12. The van der Waals surface area contributed by atoms with Crippen molar-refractivity contribution in [1.82, 2.24) is 20.1 Å². The highest BCUT2D eigenvalue weighted by Gasteiger charge is 2.17. The summed E-state index contributed by atoms with van der Waals surface area (Å²) in [7, 11) is 0. The fourth-order valence-electron chi connectivity index (χ4n) is 3.08. The topological polar surface area (TPSA) is 78.3 Å². The Morgan fingerprint density at radius 1 is 1.18 bits per heavy atom. The fraction of sp³-hybridized carbons (Fsp3) is 0.250. The molecule has 1 aliphatic rings. The van der Waals surface area contributed by atoms with Crippen LogP contribution in [0, 0.1) is 6.92 Å². The van der Waals surface area contributed by atoms with Crippen LogP contribution in [0.1, 0.15) is 17.0 Å². The monoisotopic (exact) mass is 396 g/mol. The van der Waals surface area contributed by atoms with E-state index in [1.54, 1.807) is 0 Å². The highest BCUT2D eigenvalue weighted by Crippen LogP contribution is 2.32. The first-order chi connectivity index (χ1) is 13.7. The van der Waals surface area contributed by atoms with E-state index in [2.05, 4.69) is 15.5 Å². The number of carbonyl (C=O) groups is 1. The third-order valence-corrected chi connectivity index (χ3v) is 5.11. The Morgan fingerprint density at radius 2 is 2.00 bits per heavy atom. The van der Waals surface area contributed by atoms with Gasteiger partial charge in [0.15, 0.2) is 22.5 Å². The van der Waals surface area contributed by atoms with Gasteiger partial charge in [0, 0.05) is 0 Å². The minimum atomic E-state index is -0.0936. The number of nitrogens with zero attached hydrogens (tertiary/aromatic N) is 3. The number of aromatic nitrogens is 3. The smallest absolute Gasteiger partial charge is 0.231 e. The maximum absolute atomic E-state index is 12.4. The molecule has 3 aromatic rings. The van der Waals surface area contributed by atoms with Crippen LogP contribution in [0.5, 0.6) is 11.5 Å². The lowest BCUT2D eigenvalue weighted by molar-refractivity contribution is -0.120. The lowest BCUT2D eigenvalue weighted by Crippen LogP contribution is -2.26. The van der Waals surface area contributed by atoms with E-state index in [-0.39, 0.29) is 19.1 Å². The molecule has 28 heavy (non-hydrogen) atoms. The molecule has 0 aliphatic carbocycles. The molecule has 0 fully saturated rings. The van der Waals surface area contributed by atoms with Gasteiger partial charge < -0.3 is 14.8 Å². The van der Waals surface area contributed by atoms with Crippen molar-refractivity contribution in [2.75, 3.05) is 13.0 Å². The fourth-order valence-corrected chi connectivity index (χ4v) is 3.59. The standard InChI is InChI=1S/C20H20N4O3S/c1-13-5-3-4-6-15(13)24-18(22-23-20(24)28-2)11-21-19(25)10-14-7-8-16-17(9-14)27-12-26-16/h3-9H,10-12H2,1-2H3,(H,21,25). The molecule has 8 heteroatoms. The normalized spacial score (nSPS) is 12.2. The maximum Gasteiger partial charge on any atom is 0.231 e. The first kappa shape index (κ1) is 18.4. The van der Waals surface area contributed by atoms with Crippen molar-refractivity contribution in [1.29, 1.82) is 0 Å². The molecule has 1 N–H and O–H groups in total. The number of ether oxygens (including phenoxy) is 2. The van der Waals surface area contributed by atoms with Gasteiger partial charge in [-0.05, 0) is 42.5 Å². The third-order valence-electron chi connectivity index (χ3n) is 4.48. The number of para-hydroxylation sites is 1. The van der Waals surface area contributed by atoms with E-state index < -0.39 is 0 Å². The first-order valence-corrected chi connectivity index (χ1v) is 10.1. The minimum absolute atomic E-state index is 0.0936. The van der Waals surface area contributed by atoms with E-state index in [0.717, 1.165) is 22.0 Å². The molecule has 144 valence electrons. The molecule has 1 aliphatic heterocycles. The summed E-state index contributed by atoms with van der Waals surface area (Å²) in [5, 5.41) is 12.2. The average Bonchev–Trinajstić information content (AvgIpc) is 3.32. The van der Waals surface area contributed by atoms with E-state index >= 15 is 0 Å². The number of fused-ring (bicyclic) bond motifs is 1. The molecule has 0 saturated heterocycles. The minimum Gasteiger partial charge on any atom is -0.454 e. The van der Waals surface area contributed by atoms with Crippen LogP contribution < -0.4 is 14.8 Å². The van der Waals surface area contributed by atoms with Crippen molar-refractivity contribution in [2.24, 2.45) is 0 Å². The van der Waals surface area contributed by atoms with Gasteiger partial charge in [-0.25, -0.2) is 0 Å². The van der Waals surface area contributed by atoms with Gasteiger partial charge in [0.1, 0.15) is 0 Å². The Kier molecular flexibility index (Phi) is 5.21. The lowest BCUT2D eigenvalue weighted by atomic mass is 10.1. The molecule has 0 bridgehead atoms. The first-order valence-electron chi connectivity index (χ1n) is 8.85. The van der Waals surface area contributed by atoms with Crippen molar-refractivity contribution in [2.45, 2.75) is 25.0 Å². The second-order valence-corrected chi connectivity index (χ2v) is 7.14. The van der Waals surface area contributed by atoms with E-state index in [1.807, 2.05) is 60.2 Å². The zero-order valence-electron chi connectivity index (χ0n) is 15.6. The second-order valence-electron chi connectivity index (χ2n) is 6.37. The van der Waals surface area contributed by atoms with Gasteiger partial charge in [-0.1, -0.05) is 36.0 Å². The summed E-state index contributed by atoms with van der Waals surface area (Å²) in [4.78, 5) is 12.4. The zero-order valence-corrected chi connectivity index (χ0v) is 16.5. The summed E-state index contributed by atoms with van der Waals surface area (Å²) < 4.78 is 12.6. The Balaban J connectivity index is 1.47. The molecular formula is C20H20N4O3S. The molecule has 0 unspecified atom stereocenters. The number of nitrogens with one attached hydrogen (secondary N) is 1. The molecular weight excluding hydrogens is 376 g/mol.